The average molecular weight is 359 g/mol. The molecule has 3 amide bonds. The normalized spacial score (nSPS) is 25.2. The van der Waals surface area contributed by atoms with Gasteiger partial charge in [-0.15, -0.1) is 11.3 Å². The summed E-state index contributed by atoms with van der Waals surface area (Å²) in [6, 6.07) is 7.86. The van der Waals surface area contributed by atoms with E-state index in [1.165, 1.54) is 19.5 Å². The lowest BCUT2D eigenvalue weighted by Gasteiger charge is -2.32. The summed E-state index contributed by atoms with van der Waals surface area (Å²) in [6.07, 6.45) is 2.08. The number of carbonyl (C=O) groups excluding carboxylic acids is 2. The van der Waals surface area contributed by atoms with E-state index >= 15 is 0 Å². The number of fused-ring (bicyclic) bond motifs is 1. The van der Waals surface area contributed by atoms with E-state index in [1.807, 2.05) is 13.0 Å². The fourth-order valence-electron chi connectivity index (χ4n) is 3.82. The predicted octanol–water partition coefficient (Wildman–Crippen LogP) is 0.999. The molecule has 2 fully saturated rings. The van der Waals surface area contributed by atoms with Gasteiger partial charge >= 0.3 is 6.03 Å². The Labute approximate surface area is 150 Å². The summed E-state index contributed by atoms with van der Waals surface area (Å²) >= 11 is 1.79. The fraction of sp³-hybridized carbons (Fsp3) is 0.500. The van der Waals surface area contributed by atoms with Crippen LogP contribution in [0.3, 0.4) is 0 Å². The molecule has 0 bridgehead atoms. The molecule has 2 N–H and O–H groups in total. The summed E-state index contributed by atoms with van der Waals surface area (Å²) < 4.78 is 1.25. The fourth-order valence-corrected chi connectivity index (χ4v) is 4.96. The van der Waals surface area contributed by atoms with Gasteiger partial charge in [0.2, 0.25) is 0 Å². The molecule has 4 rings (SSSR count). The zero-order valence-corrected chi connectivity index (χ0v) is 15.1. The van der Waals surface area contributed by atoms with Gasteiger partial charge < -0.3 is 10.2 Å². The standard InChI is InChI=1S/C18H22N4O2S/c1-12(17(23)22-11-8-19-18(22)24)21-9-6-13(7-10-21)16-20-14-4-2-3-5-15(14)25-16/h2-5,12-13H,6-11H2,1H3,(H,19,24)/p+1/t12-/m0/s1. The molecule has 2 aromatic rings. The minimum Gasteiger partial charge on any atom is -0.336 e. The summed E-state index contributed by atoms with van der Waals surface area (Å²) in [5, 5.41) is 3.92. The van der Waals surface area contributed by atoms with Crippen LogP contribution in [0.15, 0.2) is 24.3 Å². The molecule has 2 aliphatic rings. The number of piperidine rings is 1. The predicted molar refractivity (Wildman–Crippen MR) is 96.9 cm³/mol. The Bertz CT molecular complexity index is 764. The number of aromatic nitrogens is 1. The summed E-state index contributed by atoms with van der Waals surface area (Å²) in [5.41, 5.74) is 1.08. The van der Waals surface area contributed by atoms with Crippen molar-refractivity contribution >= 4 is 33.5 Å². The number of urea groups is 1. The number of nitrogens with zero attached hydrogens (tertiary/aromatic N) is 2. The van der Waals surface area contributed by atoms with Crippen molar-refractivity contribution in [2.45, 2.75) is 31.7 Å². The smallest absolute Gasteiger partial charge is 0.324 e. The SMILES string of the molecule is C[C@@H](C(=O)N1CCNC1=O)[NH+]1CCC(c2nc3ccccc3s2)CC1. The molecule has 2 aliphatic heterocycles. The van der Waals surface area contributed by atoms with E-state index in [1.54, 1.807) is 11.3 Å². The van der Waals surface area contributed by atoms with Crippen LogP contribution in [0.2, 0.25) is 0 Å². The Morgan fingerprint density at radius 2 is 2.12 bits per heavy atom. The highest BCUT2D eigenvalue weighted by Crippen LogP contribution is 2.31. The highest BCUT2D eigenvalue weighted by atomic mass is 32.1. The van der Waals surface area contributed by atoms with Crippen LogP contribution in [0.1, 0.15) is 30.7 Å². The number of benzene rings is 1. The third-order valence-electron chi connectivity index (χ3n) is 5.39. The van der Waals surface area contributed by atoms with Crippen LogP contribution in [0, 0.1) is 0 Å². The molecule has 2 saturated heterocycles. The second kappa shape index (κ2) is 6.72. The Morgan fingerprint density at radius 3 is 2.80 bits per heavy atom. The zero-order valence-electron chi connectivity index (χ0n) is 14.3. The molecular weight excluding hydrogens is 336 g/mol. The Morgan fingerprint density at radius 1 is 1.36 bits per heavy atom. The van der Waals surface area contributed by atoms with Gasteiger partial charge in [0.05, 0.1) is 28.3 Å². The first-order valence-corrected chi connectivity index (χ1v) is 9.74. The molecule has 0 saturated carbocycles. The van der Waals surface area contributed by atoms with Crippen LogP contribution < -0.4 is 10.2 Å². The second-order valence-electron chi connectivity index (χ2n) is 6.90. The molecule has 25 heavy (non-hydrogen) atoms. The quantitative estimate of drug-likeness (QED) is 0.859. The van der Waals surface area contributed by atoms with Crippen molar-refractivity contribution in [2.24, 2.45) is 0 Å². The Balaban J connectivity index is 1.39. The van der Waals surface area contributed by atoms with Crippen LogP contribution in [0.4, 0.5) is 4.79 Å². The molecule has 7 heteroatoms. The third kappa shape index (κ3) is 3.14. The van der Waals surface area contributed by atoms with Crippen LogP contribution in [0.25, 0.3) is 10.2 Å². The summed E-state index contributed by atoms with van der Waals surface area (Å²) in [5.74, 6) is 0.432. The van der Waals surface area contributed by atoms with Gasteiger partial charge in [-0.2, -0.15) is 0 Å². The summed E-state index contributed by atoms with van der Waals surface area (Å²) in [7, 11) is 0. The zero-order chi connectivity index (χ0) is 17.4. The van der Waals surface area contributed by atoms with Crippen molar-refractivity contribution in [3.8, 4) is 0 Å². The highest BCUT2D eigenvalue weighted by Gasteiger charge is 2.37. The van der Waals surface area contributed by atoms with E-state index in [9.17, 15) is 9.59 Å². The number of hydrogen-bond acceptors (Lipinski definition) is 4. The summed E-state index contributed by atoms with van der Waals surface area (Å²) in [4.78, 5) is 31.7. The number of imide groups is 1. The number of thiazole rings is 1. The molecule has 6 nitrogen and oxygen atoms in total. The maximum Gasteiger partial charge on any atom is 0.324 e. The third-order valence-corrected chi connectivity index (χ3v) is 6.59. The van der Waals surface area contributed by atoms with Crippen molar-refractivity contribution in [1.82, 2.24) is 15.2 Å². The van der Waals surface area contributed by atoms with Crippen LogP contribution in [-0.4, -0.2) is 54.0 Å². The first-order chi connectivity index (χ1) is 12.1. The van der Waals surface area contributed by atoms with Gasteiger partial charge in [0.15, 0.2) is 6.04 Å². The molecule has 1 atom stereocenters. The maximum atomic E-state index is 12.6. The van der Waals surface area contributed by atoms with E-state index in [2.05, 4.69) is 23.5 Å². The van der Waals surface area contributed by atoms with Crippen molar-refractivity contribution < 1.29 is 14.5 Å². The summed E-state index contributed by atoms with van der Waals surface area (Å²) in [6.45, 7) is 4.89. The number of nitrogens with one attached hydrogen (secondary N) is 2. The van der Waals surface area contributed by atoms with Gasteiger partial charge in [0.1, 0.15) is 0 Å². The molecule has 0 aliphatic carbocycles. The number of rotatable bonds is 3. The molecular formula is C18H23N4O2S+. The van der Waals surface area contributed by atoms with Gasteiger partial charge in [-0.3, -0.25) is 9.69 Å². The number of quaternary nitrogens is 1. The number of likely N-dealkylation sites (tertiary alicyclic amines) is 1. The lowest BCUT2D eigenvalue weighted by molar-refractivity contribution is -0.919. The van der Waals surface area contributed by atoms with Gasteiger partial charge in [-0.25, -0.2) is 9.78 Å². The van der Waals surface area contributed by atoms with Crippen molar-refractivity contribution in [2.75, 3.05) is 26.2 Å². The van der Waals surface area contributed by atoms with Gasteiger partial charge in [-0.1, -0.05) is 12.1 Å². The van der Waals surface area contributed by atoms with E-state index in [0.717, 1.165) is 31.4 Å². The van der Waals surface area contributed by atoms with Gasteiger partial charge in [0.25, 0.3) is 5.91 Å². The molecule has 3 heterocycles. The molecule has 1 aromatic carbocycles. The topological polar surface area (TPSA) is 66.7 Å². The minimum absolute atomic E-state index is 0.0524. The lowest BCUT2D eigenvalue weighted by Crippen LogP contribution is -3.17. The van der Waals surface area contributed by atoms with Crippen molar-refractivity contribution in [1.29, 1.82) is 0 Å². The van der Waals surface area contributed by atoms with Crippen molar-refractivity contribution in [3.63, 3.8) is 0 Å². The molecule has 1 aromatic heterocycles. The first-order valence-electron chi connectivity index (χ1n) is 8.93. The number of para-hydroxylation sites is 1. The monoisotopic (exact) mass is 359 g/mol. The maximum absolute atomic E-state index is 12.6. The Hall–Kier alpha value is -1.99. The first kappa shape index (κ1) is 16.5. The average Bonchev–Trinajstić information content (AvgIpc) is 3.26. The molecule has 0 spiro atoms. The number of hydrogen-bond donors (Lipinski definition) is 2. The molecule has 0 radical (unpaired) electrons. The van der Waals surface area contributed by atoms with E-state index in [0.29, 0.717) is 19.0 Å². The van der Waals surface area contributed by atoms with Crippen LogP contribution in [-0.2, 0) is 4.79 Å². The van der Waals surface area contributed by atoms with Gasteiger partial charge in [-0.05, 0) is 19.1 Å². The van der Waals surface area contributed by atoms with E-state index in [-0.39, 0.29) is 18.0 Å². The van der Waals surface area contributed by atoms with Crippen molar-refractivity contribution in [3.05, 3.63) is 29.3 Å². The number of carbonyl (C=O) groups is 2. The largest absolute Gasteiger partial charge is 0.336 e. The van der Waals surface area contributed by atoms with E-state index < -0.39 is 0 Å². The second-order valence-corrected chi connectivity index (χ2v) is 7.96. The number of amides is 3. The highest BCUT2D eigenvalue weighted by molar-refractivity contribution is 7.18. The minimum atomic E-state index is -0.249. The molecule has 132 valence electrons. The van der Waals surface area contributed by atoms with Crippen LogP contribution >= 0.6 is 11.3 Å². The Kier molecular flexibility index (Phi) is 4.43. The molecule has 0 unspecified atom stereocenters. The van der Waals surface area contributed by atoms with E-state index in [4.69, 9.17) is 4.98 Å². The van der Waals surface area contributed by atoms with Crippen LogP contribution in [0.5, 0.6) is 0 Å². The van der Waals surface area contributed by atoms with Gasteiger partial charge in [0, 0.05) is 31.8 Å². The lowest BCUT2D eigenvalue weighted by atomic mass is 9.96.